The van der Waals surface area contributed by atoms with Crippen molar-refractivity contribution in [2.45, 2.75) is 31.8 Å². The number of phenols is 1. The number of aromatic hydroxyl groups is 1. The highest BCUT2D eigenvalue weighted by molar-refractivity contribution is 5.26. The normalized spacial score (nSPS) is 13.6. The molecule has 0 saturated carbocycles. The monoisotopic (exact) mass is 239 g/mol. The minimum atomic E-state index is -0.656. The van der Waals surface area contributed by atoms with Crippen molar-refractivity contribution in [2.75, 3.05) is 13.2 Å². The molecule has 1 rings (SSSR count). The lowest BCUT2D eigenvalue weighted by Crippen LogP contribution is -2.53. The van der Waals surface area contributed by atoms with Crippen molar-refractivity contribution < 1.29 is 15.3 Å². The fraction of sp³-hybridized carbons (Fsp3) is 0.538. The summed E-state index contributed by atoms with van der Waals surface area (Å²) in [5.41, 5.74) is 0.442. The lowest BCUT2D eigenvalue weighted by Gasteiger charge is -2.30. The number of hydrogen-bond donors (Lipinski definition) is 4. The molecule has 0 aromatic heterocycles. The average Bonchev–Trinajstić information content (AvgIpc) is 2.32. The molecule has 4 N–H and O–H groups in total. The van der Waals surface area contributed by atoms with Crippen molar-refractivity contribution in [2.24, 2.45) is 0 Å². The van der Waals surface area contributed by atoms with E-state index in [0.717, 1.165) is 12.0 Å². The van der Waals surface area contributed by atoms with E-state index in [-0.39, 0.29) is 25.0 Å². The average molecular weight is 239 g/mol. The van der Waals surface area contributed by atoms with Gasteiger partial charge in [-0.15, -0.1) is 0 Å². The van der Waals surface area contributed by atoms with E-state index >= 15 is 0 Å². The first kappa shape index (κ1) is 14.0. The summed E-state index contributed by atoms with van der Waals surface area (Å²) < 4.78 is 0. The number of rotatable bonds is 6. The summed E-state index contributed by atoms with van der Waals surface area (Å²) in [4.78, 5) is 0. The van der Waals surface area contributed by atoms with Crippen molar-refractivity contribution in [3.8, 4) is 5.75 Å². The summed E-state index contributed by atoms with van der Waals surface area (Å²) >= 11 is 0. The van der Waals surface area contributed by atoms with Crippen molar-refractivity contribution >= 4 is 0 Å². The van der Waals surface area contributed by atoms with Crippen LogP contribution >= 0.6 is 0 Å². The van der Waals surface area contributed by atoms with Gasteiger partial charge in [-0.25, -0.2) is 0 Å². The van der Waals surface area contributed by atoms with Crippen molar-refractivity contribution in [1.82, 2.24) is 5.32 Å². The predicted octanol–water partition coefficient (Wildman–Crippen LogP) is 0.656. The Kier molecular flexibility index (Phi) is 4.93. The minimum Gasteiger partial charge on any atom is -0.508 e. The summed E-state index contributed by atoms with van der Waals surface area (Å²) in [5.74, 6) is 0.255. The van der Waals surface area contributed by atoms with Crippen LogP contribution < -0.4 is 5.32 Å². The van der Waals surface area contributed by atoms with Crippen LogP contribution in [0.25, 0.3) is 0 Å². The molecule has 1 atom stereocenters. The molecule has 0 spiro atoms. The Balaban J connectivity index is 2.54. The van der Waals surface area contributed by atoms with Gasteiger partial charge in [-0.3, -0.25) is 0 Å². The second kappa shape index (κ2) is 6.00. The van der Waals surface area contributed by atoms with Gasteiger partial charge >= 0.3 is 0 Å². The molecule has 0 saturated heterocycles. The molecule has 17 heavy (non-hydrogen) atoms. The largest absolute Gasteiger partial charge is 0.508 e. The van der Waals surface area contributed by atoms with Crippen molar-refractivity contribution in [3.63, 3.8) is 0 Å². The van der Waals surface area contributed by atoms with E-state index in [4.69, 9.17) is 0 Å². The molecule has 96 valence electrons. The Morgan fingerprint density at radius 1 is 1.18 bits per heavy atom. The second-order valence-corrected chi connectivity index (χ2v) is 4.79. The number of phenolic OH excluding ortho intramolecular Hbond substituents is 1. The zero-order chi connectivity index (χ0) is 12.9. The summed E-state index contributed by atoms with van der Waals surface area (Å²) in [6, 6.07) is 7.16. The lowest BCUT2D eigenvalue weighted by molar-refractivity contribution is 0.0957. The van der Waals surface area contributed by atoms with E-state index in [1.807, 2.05) is 19.1 Å². The third-order valence-corrected chi connectivity index (χ3v) is 2.77. The summed E-state index contributed by atoms with van der Waals surface area (Å²) in [6.45, 7) is 3.56. The van der Waals surface area contributed by atoms with Gasteiger partial charge in [0.15, 0.2) is 0 Å². The molecular formula is C13H21NO3. The summed E-state index contributed by atoms with van der Waals surface area (Å²) in [7, 11) is 0. The molecule has 4 heteroatoms. The first-order valence-corrected chi connectivity index (χ1v) is 5.76. The highest BCUT2D eigenvalue weighted by Crippen LogP contribution is 2.12. The van der Waals surface area contributed by atoms with Crippen LogP contribution in [0.3, 0.4) is 0 Å². The van der Waals surface area contributed by atoms with Crippen LogP contribution in [-0.4, -0.2) is 40.1 Å². The van der Waals surface area contributed by atoms with Crippen LogP contribution in [0.4, 0.5) is 0 Å². The van der Waals surface area contributed by atoms with Gasteiger partial charge in [0.1, 0.15) is 5.75 Å². The zero-order valence-electron chi connectivity index (χ0n) is 10.3. The van der Waals surface area contributed by atoms with E-state index < -0.39 is 5.54 Å². The standard InChI is InChI=1S/C13H21NO3/c1-10(14-13(2,8-15)9-16)7-11-3-5-12(17)6-4-11/h3-6,10,14-17H,7-9H2,1-2H3. The van der Waals surface area contributed by atoms with Gasteiger partial charge in [0.05, 0.1) is 18.8 Å². The molecule has 1 aromatic rings. The highest BCUT2D eigenvalue weighted by Gasteiger charge is 2.23. The molecular weight excluding hydrogens is 218 g/mol. The zero-order valence-corrected chi connectivity index (χ0v) is 10.3. The highest BCUT2D eigenvalue weighted by atomic mass is 16.3. The van der Waals surface area contributed by atoms with E-state index in [0.29, 0.717) is 0 Å². The van der Waals surface area contributed by atoms with E-state index in [1.54, 1.807) is 19.1 Å². The van der Waals surface area contributed by atoms with Crippen LogP contribution in [-0.2, 0) is 6.42 Å². The molecule has 1 unspecified atom stereocenters. The Labute approximate surface area is 102 Å². The van der Waals surface area contributed by atoms with Gasteiger partial charge < -0.3 is 20.6 Å². The quantitative estimate of drug-likeness (QED) is 0.588. The van der Waals surface area contributed by atoms with E-state index in [1.165, 1.54) is 0 Å². The van der Waals surface area contributed by atoms with Crippen LogP contribution in [0, 0.1) is 0 Å². The molecule has 0 aliphatic carbocycles. The van der Waals surface area contributed by atoms with E-state index in [2.05, 4.69) is 5.32 Å². The molecule has 0 aliphatic heterocycles. The fourth-order valence-corrected chi connectivity index (χ4v) is 1.77. The smallest absolute Gasteiger partial charge is 0.115 e. The number of hydrogen-bond acceptors (Lipinski definition) is 4. The molecule has 0 radical (unpaired) electrons. The van der Waals surface area contributed by atoms with Gasteiger partial charge in [0.25, 0.3) is 0 Å². The van der Waals surface area contributed by atoms with Crippen LogP contribution in [0.1, 0.15) is 19.4 Å². The second-order valence-electron chi connectivity index (χ2n) is 4.79. The van der Waals surface area contributed by atoms with Crippen LogP contribution in [0.15, 0.2) is 24.3 Å². The molecule has 1 aromatic carbocycles. The first-order valence-electron chi connectivity index (χ1n) is 5.76. The molecule has 4 nitrogen and oxygen atoms in total. The summed E-state index contributed by atoms with van der Waals surface area (Å²) in [5, 5.41) is 30.7. The van der Waals surface area contributed by atoms with Gasteiger partial charge in [-0.1, -0.05) is 12.1 Å². The van der Waals surface area contributed by atoms with Crippen LogP contribution in [0.2, 0.25) is 0 Å². The van der Waals surface area contributed by atoms with E-state index in [9.17, 15) is 15.3 Å². The molecule has 0 bridgehead atoms. The SMILES string of the molecule is CC(Cc1ccc(O)cc1)NC(C)(CO)CO. The Morgan fingerprint density at radius 3 is 2.18 bits per heavy atom. The fourth-order valence-electron chi connectivity index (χ4n) is 1.77. The van der Waals surface area contributed by atoms with Gasteiger partial charge in [-0.2, -0.15) is 0 Å². The number of benzene rings is 1. The Bertz CT molecular complexity index is 333. The summed E-state index contributed by atoms with van der Waals surface area (Å²) in [6.07, 6.45) is 0.774. The maximum Gasteiger partial charge on any atom is 0.115 e. The van der Waals surface area contributed by atoms with Crippen LogP contribution in [0.5, 0.6) is 5.75 Å². The van der Waals surface area contributed by atoms with Gasteiger partial charge in [0, 0.05) is 6.04 Å². The molecule has 0 amide bonds. The lowest BCUT2D eigenvalue weighted by atomic mass is 10.0. The number of aliphatic hydroxyl groups excluding tert-OH is 2. The minimum absolute atomic E-state index is 0.108. The Morgan fingerprint density at radius 2 is 1.71 bits per heavy atom. The van der Waals surface area contributed by atoms with Gasteiger partial charge in [-0.05, 0) is 38.0 Å². The number of aliphatic hydroxyl groups is 2. The number of nitrogens with one attached hydrogen (secondary N) is 1. The molecule has 0 heterocycles. The van der Waals surface area contributed by atoms with Crippen molar-refractivity contribution in [1.29, 1.82) is 0 Å². The van der Waals surface area contributed by atoms with Crippen molar-refractivity contribution in [3.05, 3.63) is 29.8 Å². The maximum atomic E-state index is 9.18. The Hall–Kier alpha value is -1.10. The maximum absolute atomic E-state index is 9.18. The predicted molar refractivity (Wildman–Crippen MR) is 67.0 cm³/mol. The third kappa shape index (κ3) is 4.34. The van der Waals surface area contributed by atoms with Gasteiger partial charge in [0.2, 0.25) is 0 Å². The molecule has 0 aliphatic rings. The first-order chi connectivity index (χ1) is 7.99. The third-order valence-electron chi connectivity index (χ3n) is 2.77. The topological polar surface area (TPSA) is 72.7 Å². The molecule has 0 fully saturated rings.